The van der Waals surface area contributed by atoms with E-state index in [0.29, 0.717) is 18.0 Å². The number of carbonyl (C=O) groups is 1. The van der Waals surface area contributed by atoms with E-state index in [2.05, 4.69) is 10.6 Å². The van der Waals surface area contributed by atoms with Gasteiger partial charge in [-0.25, -0.2) is 0 Å². The molecule has 0 unspecified atom stereocenters. The third-order valence-electron chi connectivity index (χ3n) is 4.53. The predicted molar refractivity (Wildman–Crippen MR) is 82.5 cm³/mol. The van der Waals surface area contributed by atoms with E-state index in [4.69, 9.17) is 5.73 Å². The lowest BCUT2D eigenvalue weighted by Crippen LogP contribution is -2.26. The molecule has 3 fully saturated rings. The van der Waals surface area contributed by atoms with E-state index in [-0.39, 0.29) is 5.91 Å². The number of nitrogens with one attached hydrogen (secondary N) is 2. The molecule has 4 N–H and O–H groups in total. The van der Waals surface area contributed by atoms with Crippen LogP contribution in [-0.4, -0.2) is 18.0 Å². The Labute approximate surface area is 123 Å². The predicted octanol–water partition coefficient (Wildman–Crippen LogP) is 3.06. The van der Waals surface area contributed by atoms with Crippen LogP contribution in [0.25, 0.3) is 0 Å². The highest BCUT2D eigenvalue weighted by atomic mass is 32.1. The molecule has 5 heteroatoms. The first kappa shape index (κ1) is 12.5. The van der Waals surface area contributed by atoms with Crippen LogP contribution < -0.4 is 16.4 Å². The summed E-state index contributed by atoms with van der Waals surface area (Å²) < 4.78 is 0. The highest BCUT2D eigenvalue weighted by molar-refractivity contribution is 7.18. The van der Waals surface area contributed by atoms with Gasteiger partial charge in [-0.2, -0.15) is 0 Å². The first-order valence-corrected chi connectivity index (χ1v) is 8.53. The highest BCUT2D eigenvalue weighted by Gasteiger charge is 2.35. The van der Waals surface area contributed by atoms with Crippen molar-refractivity contribution in [2.24, 2.45) is 0 Å². The van der Waals surface area contributed by atoms with E-state index in [1.54, 1.807) is 11.3 Å². The number of amides is 1. The van der Waals surface area contributed by atoms with Crippen LogP contribution in [0.2, 0.25) is 0 Å². The molecule has 20 heavy (non-hydrogen) atoms. The van der Waals surface area contributed by atoms with Crippen LogP contribution in [0, 0.1) is 0 Å². The smallest absolute Gasteiger partial charge is 0.263 e. The zero-order valence-corrected chi connectivity index (χ0v) is 12.4. The molecule has 3 aliphatic rings. The lowest BCUT2D eigenvalue weighted by Gasteiger charge is -2.27. The summed E-state index contributed by atoms with van der Waals surface area (Å²) in [5.74, 6) is 0.606. The Bertz CT molecular complexity index is 542. The van der Waals surface area contributed by atoms with Crippen molar-refractivity contribution in [2.45, 2.75) is 62.9 Å². The minimum atomic E-state index is 0.0264. The lowest BCUT2D eigenvalue weighted by atomic mass is 9.93. The molecule has 4 nitrogen and oxygen atoms in total. The fourth-order valence-corrected chi connectivity index (χ4v) is 3.91. The molecule has 0 aliphatic heterocycles. The zero-order chi connectivity index (χ0) is 13.7. The first-order valence-electron chi connectivity index (χ1n) is 7.72. The van der Waals surface area contributed by atoms with E-state index in [1.807, 2.05) is 0 Å². The number of thiophene rings is 1. The van der Waals surface area contributed by atoms with Gasteiger partial charge < -0.3 is 16.4 Å². The SMILES string of the molecule is Nc1c(C(=O)NC2CC2)sc(NC2CCC2)c1C1CC1. The van der Waals surface area contributed by atoms with Crippen molar-refractivity contribution in [3.8, 4) is 0 Å². The monoisotopic (exact) mass is 291 g/mol. The van der Waals surface area contributed by atoms with Crippen LogP contribution in [0.3, 0.4) is 0 Å². The second kappa shape index (κ2) is 4.65. The largest absolute Gasteiger partial charge is 0.397 e. The molecule has 0 bridgehead atoms. The van der Waals surface area contributed by atoms with Crippen LogP contribution >= 0.6 is 11.3 Å². The van der Waals surface area contributed by atoms with Crippen LogP contribution in [0.5, 0.6) is 0 Å². The molecule has 1 aromatic heterocycles. The van der Waals surface area contributed by atoms with Gasteiger partial charge in [-0.1, -0.05) is 0 Å². The number of nitrogens with two attached hydrogens (primary N) is 1. The number of rotatable bonds is 5. The molecule has 1 heterocycles. The maximum absolute atomic E-state index is 12.3. The van der Waals surface area contributed by atoms with Gasteiger partial charge in [0.2, 0.25) is 0 Å². The van der Waals surface area contributed by atoms with Gasteiger partial charge in [0.25, 0.3) is 5.91 Å². The third kappa shape index (κ3) is 2.28. The van der Waals surface area contributed by atoms with Gasteiger partial charge in [0, 0.05) is 17.6 Å². The standard InChI is InChI=1S/C15H21N3OS/c16-12-11(8-4-5-8)15(18-9-2-1-3-9)20-13(12)14(19)17-10-6-7-10/h8-10,18H,1-7,16H2,(H,17,19). The van der Waals surface area contributed by atoms with Crippen molar-refractivity contribution in [2.75, 3.05) is 11.1 Å². The minimum absolute atomic E-state index is 0.0264. The molecule has 0 radical (unpaired) electrons. The maximum Gasteiger partial charge on any atom is 0.263 e. The van der Waals surface area contributed by atoms with E-state index >= 15 is 0 Å². The van der Waals surface area contributed by atoms with E-state index in [1.165, 1.54) is 37.7 Å². The van der Waals surface area contributed by atoms with Gasteiger partial charge in [0.1, 0.15) is 4.88 Å². The molecule has 1 amide bonds. The van der Waals surface area contributed by atoms with Gasteiger partial charge >= 0.3 is 0 Å². The Morgan fingerprint density at radius 2 is 1.85 bits per heavy atom. The van der Waals surface area contributed by atoms with Crippen molar-refractivity contribution >= 4 is 27.9 Å². The van der Waals surface area contributed by atoms with Crippen LogP contribution in [-0.2, 0) is 0 Å². The molecule has 0 aromatic carbocycles. The first-order chi connectivity index (χ1) is 9.72. The number of nitrogen functional groups attached to an aromatic ring is 1. The third-order valence-corrected chi connectivity index (χ3v) is 5.68. The second-order valence-corrected chi connectivity index (χ2v) is 7.40. The van der Waals surface area contributed by atoms with Crippen molar-refractivity contribution in [3.05, 3.63) is 10.4 Å². The van der Waals surface area contributed by atoms with Gasteiger partial charge in [0.15, 0.2) is 0 Å². The molecular weight excluding hydrogens is 270 g/mol. The van der Waals surface area contributed by atoms with Crippen LogP contribution in [0.1, 0.15) is 66.1 Å². The Balaban J connectivity index is 1.60. The molecule has 108 valence electrons. The summed E-state index contributed by atoms with van der Waals surface area (Å²) in [7, 11) is 0. The van der Waals surface area contributed by atoms with Crippen molar-refractivity contribution in [1.29, 1.82) is 0 Å². The quantitative estimate of drug-likeness (QED) is 0.781. The summed E-state index contributed by atoms with van der Waals surface area (Å²) >= 11 is 1.56. The molecule has 0 spiro atoms. The Hall–Kier alpha value is -1.23. The Morgan fingerprint density at radius 1 is 1.10 bits per heavy atom. The van der Waals surface area contributed by atoms with Crippen molar-refractivity contribution in [1.82, 2.24) is 5.32 Å². The molecule has 0 saturated heterocycles. The molecule has 4 rings (SSSR count). The van der Waals surface area contributed by atoms with Crippen LogP contribution in [0.4, 0.5) is 10.7 Å². The molecule has 0 atom stereocenters. The number of hydrogen-bond donors (Lipinski definition) is 3. The average molecular weight is 291 g/mol. The zero-order valence-electron chi connectivity index (χ0n) is 11.6. The molecule has 3 saturated carbocycles. The normalized spacial score (nSPS) is 22.4. The second-order valence-electron chi connectivity index (χ2n) is 6.38. The van der Waals surface area contributed by atoms with Gasteiger partial charge in [0.05, 0.1) is 10.7 Å². The highest BCUT2D eigenvalue weighted by Crippen LogP contribution is 2.51. The Kier molecular flexibility index (Phi) is 2.91. The summed E-state index contributed by atoms with van der Waals surface area (Å²) in [6, 6.07) is 0.973. The average Bonchev–Trinajstić information content (AvgIpc) is 3.26. The van der Waals surface area contributed by atoms with Gasteiger partial charge in [-0.3, -0.25) is 4.79 Å². The van der Waals surface area contributed by atoms with Gasteiger partial charge in [-0.15, -0.1) is 11.3 Å². The fraction of sp³-hybridized carbons (Fsp3) is 0.667. The molecule has 3 aliphatic carbocycles. The van der Waals surface area contributed by atoms with Gasteiger partial charge in [-0.05, 0) is 50.9 Å². The number of carbonyl (C=O) groups excluding carboxylic acids is 1. The Morgan fingerprint density at radius 3 is 2.40 bits per heavy atom. The van der Waals surface area contributed by atoms with Crippen molar-refractivity contribution in [3.63, 3.8) is 0 Å². The topological polar surface area (TPSA) is 67.2 Å². The van der Waals surface area contributed by atoms with Crippen LogP contribution in [0.15, 0.2) is 0 Å². The maximum atomic E-state index is 12.3. The summed E-state index contributed by atoms with van der Waals surface area (Å²) in [6.45, 7) is 0. The number of anilines is 2. The van der Waals surface area contributed by atoms with E-state index in [9.17, 15) is 4.79 Å². The number of hydrogen-bond acceptors (Lipinski definition) is 4. The van der Waals surface area contributed by atoms with E-state index < -0.39 is 0 Å². The fourth-order valence-electron chi connectivity index (χ4n) is 2.73. The molecular formula is C15H21N3OS. The summed E-state index contributed by atoms with van der Waals surface area (Å²) in [4.78, 5) is 13.0. The van der Waals surface area contributed by atoms with E-state index in [0.717, 1.165) is 28.4 Å². The minimum Gasteiger partial charge on any atom is -0.397 e. The van der Waals surface area contributed by atoms with Crippen molar-refractivity contribution < 1.29 is 4.79 Å². The summed E-state index contributed by atoms with van der Waals surface area (Å²) in [5, 5.41) is 7.83. The summed E-state index contributed by atoms with van der Waals surface area (Å²) in [5.41, 5.74) is 8.25. The summed E-state index contributed by atoms with van der Waals surface area (Å²) in [6.07, 6.45) is 8.44. The lowest BCUT2D eigenvalue weighted by molar-refractivity contribution is 0.0956. The molecule has 1 aromatic rings.